The quantitative estimate of drug-likeness (QED) is 0.829. The lowest BCUT2D eigenvalue weighted by Gasteiger charge is -2.05. The van der Waals surface area contributed by atoms with E-state index in [-0.39, 0.29) is 11.8 Å². The molecule has 1 aliphatic carbocycles. The van der Waals surface area contributed by atoms with Gasteiger partial charge < -0.3 is 15.2 Å². The first-order valence-corrected chi connectivity index (χ1v) is 5.73. The van der Waals surface area contributed by atoms with Crippen LogP contribution in [-0.2, 0) is 20.9 Å². The topological polar surface area (TPSA) is 75.6 Å². The molecule has 5 nitrogen and oxygen atoms in total. The number of anilines is 1. The minimum absolute atomic E-state index is 0.220. The molecule has 0 aliphatic heterocycles. The third kappa shape index (κ3) is 2.87. The molecule has 1 saturated carbocycles. The Hall–Kier alpha value is -1.88. The Labute approximate surface area is 105 Å². The van der Waals surface area contributed by atoms with Crippen LogP contribution in [0, 0.1) is 11.8 Å². The fourth-order valence-electron chi connectivity index (χ4n) is 1.84. The first kappa shape index (κ1) is 12.6. The number of hydrogen-bond donors (Lipinski definition) is 2. The highest BCUT2D eigenvalue weighted by Gasteiger charge is 2.48. The molecule has 2 rings (SSSR count). The molecule has 1 aromatic carbocycles. The van der Waals surface area contributed by atoms with Crippen molar-refractivity contribution >= 4 is 17.6 Å². The van der Waals surface area contributed by atoms with Crippen molar-refractivity contribution < 1.29 is 19.4 Å². The van der Waals surface area contributed by atoms with Gasteiger partial charge in [-0.25, -0.2) is 0 Å². The standard InChI is InChI=1S/C13H15NO4/c1-18-7-8-2-4-9(5-3-8)14-12(15)10-6-11(10)13(16)17/h2-5,10-11H,6-7H2,1H3,(H,14,15)(H,16,17)/t10-,11+/m1/s1. The fourth-order valence-corrected chi connectivity index (χ4v) is 1.84. The third-order valence-corrected chi connectivity index (χ3v) is 2.98. The Balaban J connectivity index is 1.90. The molecule has 0 saturated heterocycles. The number of carbonyl (C=O) groups is 2. The fraction of sp³-hybridized carbons (Fsp3) is 0.385. The van der Waals surface area contributed by atoms with Gasteiger partial charge in [0, 0.05) is 12.8 Å². The van der Waals surface area contributed by atoms with Gasteiger partial charge in [-0.1, -0.05) is 12.1 Å². The Morgan fingerprint density at radius 1 is 1.33 bits per heavy atom. The van der Waals surface area contributed by atoms with Crippen LogP contribution in [0.2, 0.25) is 0 Å². The molecule has 2 atom stereocenters. The zero-order valence-electron chi connectivity index (χ0n) is 10.1. The molecule has 0 spiro atoms. The summed E-state index contributed by atoms with van der Waals surface area (Å²) in [6, 6.07) is 7.29. The second-order valence-electron chi connectivity index (χ2n) is 4.41. The van der Waals surface area contributed by atoms with Gasteiger partial charge in [-0.2, -0.15) is 0 Å². The van der Waals surface area contributed by atoms with Crippen molar-refractivity contribution in [3.63, 3.8) is 0 Å². The number of benzene rings is 1. The lowest BCUT2D eigenvalue weighted by molar-refractivity contribution is -0.139. The van der Waals surface area contributed by atoms with Crippen LogP contribution >= 0.6 is 0 Å². The number of carboxylic acid groups (broad SMARTS) is 1. The number of carboxylic acids is 1. The smallest absolute Gasteiger partial charge is 0.307 e. The zero-order valence-corrected chi connectivity index (χ0v) is 10.1. The van der Waals surface area contributed by atoms with E-state index in [1.807, 2.05) is 12.1 Å². The van der Waals surface area contributed by atoms with Gasteiger partial charge in [0.1, 0.15) is 0 Å². The van der Waals surface area contributed by atoms with Crippen molar-refractivity contribution in [3.8, 4) is 0 Å². The highest BCUT2D eigenvalue weighted by atomic mass is 16.5. The highest BCUT2D eigenvalue weighted by molar-refractivity contribution is 5.98. The Morgan fingerprint density at radius 2 is 2.00 bits per heavy atom. The molecule has 0 heterocycles. The largest absolute Gasteiger partial charge is 0.481 e. The molecule has 0 bridgehead atoms. The van der Waals surface area contributed by atoms with E-state index in [0.29, 0.717) is 18.7 Å². The summed E-state index contributed by atoms with van der Waals surface area (Å²) in [5.74, 6) is -2.02. The molecule has 0 aromatic heterocycles. The van der Waals surface area contributed by atoms with Gasteiger partial charge in [-0.3, -0.25) is 9.59 Å². The van der Waals surface area contributed by atoms with Crippen molar-refractivity contribution in [2.45, 2.75) is 13.0 Å². The summed E-state index contributed by atoms with van der Waals surface area (Å²) in [5, 5.41) is 11.5. The van der Waals surface area contributed by atoms with E-state index in [2.05, 4.69) is 5.32 Å². The number of amides is 1. The molecule has 2 N–H and O–H groups in total. The van der Waals surface area contributed by atoms with Crippen LogP contribution in [0.1, 0.15) is 12.0 Å². The Bertz CT molecular complexity index is 455. The number of nitrogens with one attached hydrogen (secondary N) is 1. The summed E-state index contributed by atoms with van der Waals surface area (Å²) in [4.78, 5) is 22.4. The van der Waals surface area contributed by atoms with Crippen LogP contribution in [0.3, 0.4) is 0 Å². The molecule has 96 valence electrons. The highest BCUT2D eigenvalue weighted by Crippen LogP contribution is 2.39. The summed E-state index contributed by atoms with van der Waals surface area (Å²) in [6.07, 6.45) is 0.433. The summed E-state index contributed by atoms with van der Waals surface area (Å²) in [7, 11) is 1.62. The average molecular weight is 249 g/mol. The molecule has 1 fully saturated rings. The van der Waals surface area contributed by atoms with E-state index < -0.39 is 11.9 Å². The summed E-state index contributed by atoms with van der Waals surface area (Å²) in [5.41, 5.74) is 1.70. The number of carbonyl (C=O) groups excluding carboxylic acids is 1. The maximum absolute atomic E-state index is 11.7. The minimum Gasteiger partial charge on any atom is -0.481 e. The minimum atomic E-state index is -0.898. The van der Waals surface area contributed by atoms with Gasteiger partial charge in [-0.05, 0) is 24.1 Å². The Kier molecular flexibility index (Phi) is 3.62. The lowest BCUT2D eigenvalue weighted by Crippen LogP contribution is -2.16. The van der Waals surface area contributed by atoms with Crippen LogP contribution in [0.5, 0.6) is 0 Å². The third-order valence-electron chi connectivity index (χ3n) is 2.98. The summed E-state index contributed by atoms with van der Waals surface area (Å²) in [6.45, 7) is 0.526. The van der Waals surface area contributed by atoms with Crippen LogP contribution in [-0.4, -0.2) is 24.1 Å². The summed E-state index contributed by atoms with van der Waals surface area (Å²) >= 11 is 0. The molecule has 1 aromatic rings. The lowest BCUT2D eigenvalue weighted by atomic mass is 10.2. The van der Waals surface area contributed by atoms with Gasteiger partial charge in [0.25, 0.3) is 0 Å². The number of hydrogen-bond acceptors (Lipinski definition) is 3. The van der Waals surface area contributed by atoms with Crippen LogP contribution in [0.25, 0.3) is 0 Å². The van der Waals surface area contributed by atoms with E-state index in [1.54, 1.807) is 19.2 Å². The van der Waals surface area contributed by atoms with Crippen LogP contribution < -0.4 is 5.32 Å². The SMILES string of the molecule is COCc1ccc(NC(=O)[C@@H]2C[C@@H]2C(=O)O)cc1. The van der Waals surface area contributed by atoms with Crippen LogP contribution in [0.15, 0.2) is 24.3 Å². The van der Waals surface area contributed by atoms with Gasteiger partial charge in [0.05, 0.1) is 18.4 Å². The second kappa shape index (κ2) is 5.18. The molecule has 5 heteroatoms. The average Bonchev–Trinajstić information content (AvgIpc) is 3.12. The number of aliphatic carboxylic acids is 1. The predicted molar refractivity (Wildman–Crippen MR) is 65.0 cm³/mol. The van der Waals surface area contributed by atoms with E-state index in [9.17, 15) is 9.59 Å². The van der Waals surface area contributed by atoms with Crippen LogP contribution in [0.4, 0.5) is 5.69 Å². The zero-order chi connectivity index (χ0) is 13.1. The molecule has 1 amide bonds. The van der Waals surface area contributed by atoms with Crippen molar-refractivity contribution in [2.75, 3.05) is 12.4 Å². The number of rotatable bonds is 5. The number of methoxy groups -OCH3 is 1. The van der Waals surface area contributed by atoms with Gasteiger partial charge >= 0.3 is 5.97 Å². The van der Waals surface area contributed by atoms with Crippen molar-refractivity contribution in [3.05, 3.63) is 29.8 Å². The maximum atomic E-state index is 11.7. The molecule has 0 unspecified atom stereocenters. The predicted octanol–water partition coefficient (Wildman–Crippen LogP) is 1.49. The summed E-state index contributed by atoms with van der Waals surface area (Å²) < 4.78 is 4.98. The van der Waals surface area contributed by atoms with Crippen molar-refractivity contribution in [1.29, 1.82) is 0 Å². The van der Waals surface area contributed by atoms with Gasteiger partial charge in [0.2, 0.25) is 5.91 Å². The first-order chi connectivity index (χ1) is 8.61. The molecular weight excluding hydrogens is 234 g/mol. The van der Waals surface area contributed by atoms with E-state index in [0.717, 1.165) is 5.56 Å². The van der Waals surface area contributed by atoms with E-state index >= 15 is 0 Å². The van der Waals surface area contributed by atoms with Gasteiger partial charge in [0.15, 0.2) is 0 Å². The van der Waals surface area contributed by atoms with Gasteiger partial charge in [-0.15, -0.1) is 0 Å². The Morgan fingerprint density at radius 3 is 2.50 bits per heavy atom. The normalized spacial score (nSPS) is 21.4. The molecule has 18 heavy (non-hydrogen) atoms. The second-order valence-corrected chi connectivity index (χ2v) is 4.41. The molecule has 1 aliphatic rings. The van der Waals surface area contributed by atoms with E-state index in [4.69, 9.17) is 9.84 Å². The molecular formula is C13H15NO4. The first-order valence-electron chi connectivity index (χ1n) is 5.73. The maximum Gasteiger partial charge on any atom is 0.307 e. The van der Waals surface area contributed by atoms with Crippen molar-refractivity contribution in [2.24, 2.45) is 11.8 Å². The molecule has 0 radical (unpaired) electrons. The van der Waals surface area contributed by atoms with Crippen molar-refractivity contribution in [1.82, 2.24) is 0 Å². The monoisotopic (exact) mass is 249 g/mol. The number of ether oxygens (including phenoxy) is 1. The van der Waals surface area contributed by atoms with E-state index in [1.165, 1.54) is 0 Å².